The Morgan fingerprint density at radius 1 is 1.33 bits per heavy atom. The number of amides is 1. The van der Waals surface area contributed by atoms with E-state index in [1.165, 1.54) is 6.07 Å². The molecule has 18 heavy (non-hydrogen) atoms. The zero-order chi connectivity index (χ0) is 13.7. The van der Waals surface area contributed by atoms with Gasteiger partial charge in [-0.3, -0.25) is 9.59 Å². The van der Waals surface area contributed by atoms with Gasteiger partial charge in [0, 0.05) is 18.5 Å². The van der Waals surface area contributed by atoms with Gasteiger partial charge in [0.1, 0.15) is 0 Å². The van der Waals surface area contributed by atoms with Crippen LogP contribution in [-0.2, 0) is 4.79 Å². The minimum atomic E-state index is -0.883. The van der Waals surface area contributed by atoms with Gasteiger partial charge in [0.25, 0.3) is 5.91 Å². The van der Waals surface area contributed by atoms with Crippen LogP contribution in [0.25, 0.3) is 0 Å². The monoisotopic (exact) mass is 289 g/mol. The molecular formula is C12H13Cl2NO3. The summed E-state index contributed by atoms with van der Waals surface area (Å²) in [7, 11) is 0. The lowest BCUT2D eigenvalue weighted by atomic mass is 10.1. The highest BCUT2D eigenvalue weighted by molar-refractivity contribution is 6.42. The average molecular weight is 290 g/mol. The molecule has 0 aliphatic rings. The van der Waals surface area contributed by atoms with E-state index in [4.69, 9.17) is 28.3 Å². The number of carbonyl (C=O) groups excluding carboxylic acids is 1. The first kappa shape index (κ1) is 14.8. The van der Waals surface area contributed by atoms with Gasteiger partial charge in [0.15, 0.2) is 0 Å². The first-order valence-electron chi connectivity index (χ1n) is 5.35. The summed E-state index contributed by atoms with van der Waals surface area (Å²) in [6.45, 7) is 2.05. The molecule has 0 aliphatic heterocycles. The molecule has 0 bridgehead atoms. The lowest BCUT2D eigenvalue weighted by Crippen LogP contribution is -2.29. The summed E-state index contributed by atoms with van der Waals surface area (Å²) in [5.74, 6) is -1.31. The second-order valence-corrected chi connectivity index (χ2v) is 4.86. The molecule has 98 valence electrons. The third kappa shape index (κ3) is 4.55. The Kier molecular flexibility index (Phi) is 5.44. The summed E-state index contributed by atoms with van der Waals surface area (Å²) in [5.41, 5.74) is 0.395. The minimum Gasteiger partial charge on any atom is -0.481 e. The number of nitrogens with one attached hydrogen (secondary N) is 1. The second kappa shape index (κ2) is 6.61. The molecule has 6 heteroatoms. The Labute approximate surface area is 115 Å². The Morgan fingerprint density at radius 3 is 2.56 bits per heavy atom. The summed E-state index contributed by atoms with van der Waals surface area (Å²) < 4.78 is 0. The molecule has 1 atom stereocenters. The fourth-order valence-electron chi connectivity index (χ4n) is 1.38. The van der Waals surface area contributed by atoms with E-state index in [0.717, 1.165) is 0 Å². The number of halogens is 2. The van der Waals surface area contributed by atoms with Crippen molar-refractivity contribution >= 4 is 35.1 Å². The van der Waals surface area contributed by atoms with E-state index in [9.17, 15) is 9.59 Å². The third-order valence-corrected chi connectivity index (χ3v) is 3.05. The van der Waals surface area contributed by atoms with E-state index in [0.29, 0.717) is 22.2 Å². The molecule has 0 fully saturated rings. The van der Waals surface area contributed by atoms with Crippen molar-refractivity contribution in [3.05, 3.63) is 33.8 Å². The van der Waals surface area contributed by atoms with E-state index in [1.807, 2.05) is 0 Å². The van der Waals surface area contributed by atoms with Crippen LogP contribution in [0.5, 0.6) is 0 Å². The topological polar surface area (TPSA) is 66.4 Å². The van der Waals surface area contributed by atoms with E-state index < -0.39 is 5.97 Å². The minimum absolute atomic E-state index is 0.0155. The van der Waals surface area contributed by atoms with Gasteiger partial charge in [0.2, 0.25) is 0 Å². The molecule has 0 saturated heterocycles. The Morgan fingerprint density at radius 2 is 2.00 bits per heavy atom. The number of carboxylic acid groups (broad SMARTS) is 1. The fraction of sp³-hybridized carbons (Fsp3) is 0.333. The lowest BCUT2D eigenvalue weighted by molar-refractivity contribution is -0.137. The summed E-state index contributed by atoms with van der Waals surface area (Å²) in [6, 6.07) is 4.58. The van der Waals surface area contributed by atoms with Gasteiger partial charge in [-0.2, -0.15) is 0 Å². The highest BCUT2D eigenvalue weighted by Crippen LogP contribution is 2.22. The highest BCUT2D eigenvalue weighted by atomic mass is 35.5. The zero-order valence-corrected chi connectivity index (χ0v) is 11.3. The molecule has 4 nitrogen and oxygen atoms in total. The summed E-state index contributed by atoms with van der Waals surface area (Å²) in [6.07, 6.45) is 0.0155. The Hall–Kier alpha value is -1.26. The predicted molar refractivity (Wildman–Crippen MR) is 70.2 cm³/mol. The largest absolute Gasteiger partial charge is 0.481 e. The normalized spacial score (nSPS) is 11.9. The molecule has 0 spiro atoms. The van der Waals surface area contributed by atoms with Crippen molar-refractivity contribution in [1.82, 2.24) is 5.32 Å². The lowest BCUT2D eigenvalue weighted by Gasteiger charge is -2.10. The van der Waals surface area contributed by atoms with Crippen molar-refractivity contribution < 1.29 is 14.7 Å². The van der Waals surface area contributed by atoms with E-state index in [2.05, 4.69) is 5.32 Å². The van der Waals surface area contributed by atoms with Crippen molar-refractivity contribution in [2.75, 3.05) is 6.54 Å². The average Bonchev–Trinajstić information content (AvgIpc) is 2.28. The summed E-state index contributed by atoms with van der Waals surface area (Å²) >= 11 is 11.5. The molecule has 1 unspecified atom stereocenters. The second-order valence-electron chi connectivity index (χ2n) is 4.04. The van der Waals surface area contributed by atoms with Crippen LogP contribution in [0.15, 0.2) is 18.2 Å². The van der Waals surface area contributed by atoms with Gasteiger partial charge in [-0.1, -0.05) is 30.1 Å². The quantitative estimate of drug-likeness (QED) is 0.876. The van der Waals surface area contributed by atoms with Crippen LogP contribution in [0.3, 0.4) is 0 Å². The van der Waals surface area contributed by atoms with Crippen LogP contribution < -0.4 is 5.32 Å². The zero-order valence-electron chi connectivity index (χ0n) is 9.74. The Balaban J connectivity index is 2.55. The first-order valence-corrected chi connectivity index (χ1v) is 6.10. The van der Waals surface area contributed by atoms with Gasteiger partial charge >= 0.3 is 5.97 Å². The number of benzene rings is 1. The van der Waals surface area contributed by atoms with E-state index in [1.54, 1.807) is 19.1 Å². The number of carbonyl (C=O) groups is 2. The third-order valence-electron chi connectivity index (χ3n) is 2.32. The molecule has 0 aliphatic carbocycles. The van der Waals surface area contributed by atoms with Gasteiger partial charge < -0.3 is 10.4 Å². The molecule has 0 saturated carbocycles. The van der Waals surface area contributed by atoms with E-state index in [-0.39, 0.29) is 18.2 Å². The molecule has 1 aromatic rings. The van der Waals surface area contributed by atoms with Gasteiger partial charge in [-0.05, 0) is 24.1 Å². The summed E-state index contributed by atoms with van der Waals surface area (Å²) in [4.78, 5) is 22.2. The first-order chi connectivity index (χ1) is 8.40. The van der Waals surface area contributed by atoms with Crippen LogP contribution >= 0.6 is 23.2 Å². The molecule has 0 heterocycles. The van der Waals surface area contributed by atoms with Crippen molar-refractivity contribution in [2.45, 2.75) is 13.3 Å². The molecule has 1 rings (SSSR count). The predicted octanol–water partition coefficient (Wildman–Crippen LogP) is 2.83. The van der Waals surface area contributed by atoms with Crippen molar-refractivity contribution in [3.63, 3.8) is 0 Å². The molecule has 0 radical (unpaired) electrons. The van der Waals surface area contributed by atoms with Gasteiger partial charge in [0.05, 0.1) is 10.0 Å². The number of aliphatic carboxylic acids is 1. The van der Waals surface area contributed by atoms with Gasteiger partial charge in [-0.15, -0.1) is 0 Å². The van der Waals surface area contributed by atoms with Gasteiger partial charge in [-0.25, -0.2) is 0 Å². The van der Waals surface area contributed by atoms with Crippen molar-refractivity contribution in [2.24, 2.45) is 5.92 Å². The van der Waals surface area contributed by atoms with Crippen molar-refractivity contribution in [3.8, 4) is 0 Å². The number of carboxylic acids is 1. The van der Waals surface area contributed by atoms with E-state index >= 15 is 0 Å². The number of hydrogen-bond acceptors (Lipinski definition) is 2. The maximum Gasteiger partial charge on any atom is 0.303 e. The molecule has 1 amide bonds. The highest BCUT2D eigenvalue weighted by Gasteiger charge is 2.11. The standard InChI is InChI=1S/C12H13Cl2NO3/c1-7(4-11(16)17)6-15-12(18)8-2-3-9(13)10(14)5-8/h2-3,5,7H,4,6H2,1H3,(H,15,18)(H,16,17). The maximum atomic E-state index is 11.7. The molecule has 1 aromatic carbocycles. The maximum absolute atomic E-state index is 11.7. The SMILES string of the molecule is CC(CNC(=O)c1ccc(Cl)c(Cl)c1)CC(=O)O. The van der Waals surface area contributed by atoms with Crippen LogP contribution in [0.4, 0.5) is 0 Å². The molecule has 2 N–H and O–H groups in total. The summed E-state index contributed by atoms with van der Waals surface area (Å²) in [5, 5.41) is 11.9. The molecule has 0 aromatic heterocycles. The fourth-order valence-corrected chi connectivity index (χ4v) is 1.67. The van der Waals surface area contributed by atoms with Crippen LogP contribution in [-0.4, -0.2) is 23.5 Å². The number of hydrogen-bond donors (Lipinski definition) is 2. The van der Waals surface area contributed by atoms with Crippen LogP contribution in [0.2, 0.25) is 10.0 Å². The smallest absolute Gasteiger partial charge is 0.303 e. The van der Waals surface area contributed by atoms with Crippen LogP contribution in [0.1, 0.15) is 23.7 Å². The molecular weight excluding hydrogens is 277 g/mol. The number of rotatable bonds is 5. The van der Waals surface area contributed by atoms with Crippen molar-refractivity contribution in [1.29, 1.82) is 0 Å². The van der Waals surface area contributed by atoms with Crippen LogP contribution in [0, 0.1) is 5.92 Å². The Bertz CT molecular complexity index is 463.